The van der Waals surface area contributed by atoms with Crippen molar-refractivity contribution in [3.63, 3.8) is 0 Å². The highest BCUT2D eigenvalue weighted by molar-refractivity contribution is 7.80. The smallest absolute Gasteiger partial charge is 0.220 e. The van der Waals surface area contributed by atoms with Gasteiger partial charge in [0.1, 0.15) is 24.4 Å². The molecule has 1 aliphatic rings. The Hall–Kier alpha value is -1.16. The molecule has 5 N–H and O–H groups in total. The molecule has 0 radical (unpaired) electrons. The van der Waals surface area contributed by atoms with Gasteiger partial charge in [0, 0.05) is 6.42 Å². The fourth-order valence-corrected chi connectivity index (χ4v) is 7.60. The van der Waals surface area contributed by atoms with E-state index in [9.17, 15) is 38.2 Å². The van der Waals surface area contributed by atoms with Crippen LogP contribution >= 0.6 is 0 Å². The van der Waals surface area contributed by atoms with E-state index in [1.54, 1.807) is 6.08 Å². The maximum atomic E-state index is 13.0. The molecular formula is C42H80NO11S-. The summed E-state index contributed by atoms with van der Waals surface area (Å²) >= 11 is 0. The van der Waals surface area contributed by atoms with Gasteiger partial charge in [0.15, 0.2) is 6.29 Å². The summed E-state index contributed by atoms with van der Waals surface area (Å²) in [5, 5.41) is 44.5. The molecule has 1 rings (SSSR count). The van der Waals surface area contributed by atoms with Gasteiger partial charge in [0.25, 0.3) is 0 Å². The van der Waals surface area contributed by atoms with Gasteiger partial charge >= 0.3 is 0 Å². The minimum atomic E-state index is -5.33. The molecule has 7 atom stereocenters. The summed E-state index contributed by atoms with van der Waals surface area (Å²) in [5.41, 5.74) is 0. The van der Waals surface area contributed by atoms with Crippen LogP contribution in [0.2, 0.25) is 0 Å². The van der Waals surface area contributed by atoms with Crippen molar-refractivity contribution in [2.45, 2.75) is 236 Å². The zero-order valence-corrected chi connectivity index (χ0v) is 35.3. The number of allylic oxidation sites excluding steroid dienone is 1. The number of aliphatic hydroxyl groups excluding tert-OH is 4. The first kappa shape index (κ1) is 51.9. The Labute approximate surface area is 334 Å². The van der Waals surface area contributed by atoms with Crippen LogP contribution < -0.4 is 5.32 Å². The molecule has 0 bridgehead atoms. The topological polar surface area (TPSA) is 195 Å². The van der Waals surface area contributed by atoms with E-state index in [0.717, 1.165) is 38.5 Å². The number of aliphatic hydroxyl groups is 4. The molecule has 0 saturated carbocycles. The van der Waals surface area contributed by atoms with Crippen molar-refractivity contribution in [1.82, 2.24) is 5.32 Å². The molecule has 55 heavy (non-hydrogen) atoms. The van der Waals surface area contributed by atoms with Gasteiger partial charge in [-0.3, -0.25) is 8.98 Å². The van der Waals surface area contributed by atoms with Gasteiger partial charge in [0.05, 0.1) is 25.4 Å². The van der Waals surface area contributed by atoms with Crippen LogP contribution in [-0.4, -0.2) is 95.4 Å². The van der Waals surface area contributed by atoms with E-state index in [-0.39, 0.29) is 18.9 Å². The number of hydrogen-bond acceptors (Lipinski definition) is 11. The largest absolute Gasteiger partial charge is 0.726 e. The van der Waals surface area contributed by atoms with Crippen LogP contribution in [0.15, 0.2) is 12.2 Å². The molecule has 0 aromatic carbocycles. The fraction of sp³-hybridized carbons (Fsp3) is 0.929. The monoisotopic (exact) mass is 807 g/mol. The Balaban J connectivity index is 2.55. The van der Waals surface area contributed by atoms with Crippen molar-refractivity contribution in [2.75, 3.05) is 13.2 Å². The van der Waals surface area contributed by atoms with Gasteiger partial charge in [-0.05, 0) is 19.3 Å². The van der Waals surface area contributed by atoms with E-state index in [1.807, 2.05) is 6.08 Å². The highest BCUT2D eigenvalue weighted by Gasteiger charge is 2.47. The molecule has 0 aliphatic carbocycles. The Morgan fingerprint density at radius 2 is 1.16 bits per heavy atom. The lowest BCUT2D eigenvalue weighted by Crippen LogP contribution is -2.61. The Morgan fingerprint density at radius 1 is 0.727 bits per heavy atom. The van der Waals surface area contributed by atoms with Crippen LogP contribution in [-0.2, 0) is 28.9 Å². The summed E-state index contributed by atoms with van der Waals surface area (Å²) in [6, 6.07) is -0.949. The summed E-state index contributed by atoms with van der Waals surface area (Å²) in [4.78, 5) is 13.0. The number of amides is 1. The Kier molecular flexibility index (Phi) is 31.8. The maximum Gasteiger partial charge on any atom is 0.220 e. The second-order valence-corrected chi connectivity index (χ2v) is 16.6. The van der Waals surface area contributed by atoms with E-state index in [0.29, 0.717) is 6.42 Å². The quantitative estimate of drug-likeness (QED) is 0.0179. The van der Waals surface area contributed by atoms with E-state index in [1.165, 1.54) is 128 Å². The van der Waals surface area contributed by atoms with Gasteiger partial charge in [0.2, 0.25) is 16.3 Å². The molecule has 0 aromatic heterocycles. The number of unbranched alkanes of at least 4 members (excludes halogenated alkanes) is 25. The molecule has 1 saturated heterocycles. The predicted octanol–water partition coefficient (Wildman–Crippen LogP) is 7.65. The molecule has 0 aromatic rings. The lowest BCUT2D eigenvalue weighted by atomic mass is 9.99. The lowest BCUT2D eigenvalue weighted by Gasteiger charge is -2.42. The fourth-order valence-electron chi connectivity index (χ4n) is 7.10. The Morgan fingerprint density at radius 3 is 1.60 bits per heavy atom. The summed E-state index contributed by atoms with van der Waals surface area (Å²) in [6.07, 6.45) is 26.5. The van der Waals surface area contributed by atoms with E-state index >= 15 is 0 Å². The van der Waals surface area contributed by atoms with Gasteiger partial charge < -0.3 is 39.8 Å². The van der Waals surface area contributed by atoms with E-state index in [2.05, 4.69) is 23.3 Å². The van der Waals surface area contributed by atoms with Crippen molar-refractivity contribution in [3.8, 4) is 0 Å². The summed E-state index contributed by atoms with van der Waals surface area (Å²) < 4.78 is 49.2. The standard InChI is InChI=1S/C42H81NO11S/c1-3-5-7-9-11-13-15-17-18-20-22-24-26-28-30-32-38(46)43-35(36(45)31-29-27-25-23-21-19-16-14-12-10-8-6-4-2)34-52-42-40(48)41(54-55(49,50)51)39(47)37(33-44)53-42/h29,31,35-37,39-42,44-45,47-48H,3-28,30,32-34H2,1-2H3,(H,43,46)(H,49,50,51)/p-1/b31-29+/t35-,36+,37+,39-,40+,41-,42?/m0/s1. The maximum absolute atomic E-state index is 13.0. The Bertz CT molecular complexity index is 1050. The van der Waals surface area contributed by atoms with Gasteiger partial charge in [-0.1, -0.05) is 180 Å². The van der Waals surface area contributed by atoms with Crippen molar-refractivity contribution >= 4 is 16.3 Å². The van der Waals surface area contributed by atoms with Crippen LogP contribution in [0.1, 0.15) is 194 Å². The molecule has 1 unspecified atom stereocenters. The first-order valence-electron chi connectivity index (χ1n) is 22.1. The number of carbonyl (C=O) groups is 1. The molecule has 326 valence electrons. The average Bonchev–Trinajstić information content (AvgIpc) is 3.15. The van der Waals surface area contributed by atoms with Crippen LogP contribution in [0.3, 0.4) is 0 Å². The first-order chi connectivity index (χ1) is 26.5. The highest BCUT2D eigenvalue weighted by Crippen LogP contribution is 2.26. The van der Waals surface area contributed by atoms with E-state index < -0.39 is 59.9 Å². The van der Waals surface area contributed by atoms with Crippen molar-refractivity contribution in [1.29, 1.82) is 0 Å². The number of carbonyl (C=O) groups excluding carboxylic acids is 1. The third-order valence-corrected chi connectivity index (χ3v) is 11.0. The van der Waals surface area contributed by atoms with Crippen LogP contribution in [0.25, 0.3) is 0 Å². The molecule has 1 amide bonds. The van der Waals surface area contributed by atoms with Crippen LogP contribution in [0.4, 0.5) is 0 Å². The second kappa shape index (κ2) is 33.8. The number of nitrogens with one attached hydrogen (secondary N) is 1. The molecule has 1 fully saturated rings. The zero-order chi connectivity index (χ0) is 40.6. The number of rotatable bonds is 37. The minimum Gasteiger partial charge on any atom is -0.726 e. The molecule has 12 nitrogen and oxygen atoms in total. The molecule has 1 heterocycles. The lowest BCUT2D eigenvalue weighted by molar-refractivity contribution is -0.298. The summed E-state index contributed by atoms with van der Waals surface area (Å²) in [5.74, 6) is -0.270. The van der Waals surface area contributed by atoms with Crippen molar-refractivity contribution < 1.29 is 51.8 Å². The number of hydrogen-bond donors (Lipinski definition) is 5. The third kappa shape index (κ3) is 27.2. The van der Waals surface area contributed by atoms with Crippen molar-refractivity contribution in [3.05, 3.63) is 12.2 Å². The van der Waals surface area contributed by atoms with Gasteiger partial charge in [-0.25, -0.2) is 8.42 Å². The number of ether oxygens (including phenoxy) is 2. The third-order valence-electron chi connectivity index (χ3n) is 10.6. The SMILES string of the molecule is CCCCCCCCCCCCC/C=C/[C@@H](O)[C@H](COC1O[C@H](CO)[C@H](O)[C@H](OS(=O)(=O)[O-])[C@H]1O)NC(=O)CCCCCCCCCCCCCCCCC. The highest BCUT2D eigenvalue weighted by atomic mass is 32.3. The summed E-state index contributed by atoms with van der Waals surface area (Å²) in [7, 11) is -5.33. The van der Waals surface area contributed by atoms with Gasteiger partial charge in [-0.15, -0.1) is 0 Å². The zero-order valence-electron chi connectivity index (χ0n) is 34.5. The molecule has 13 heteroatoms. The molecular weight excluding hydrogens is 727 g/mol. The summed E-state index contributed by atoms with van der Waals surface area (Å²) in [6.45, 7) is 3.34. The van der Waals surface area contributed by atoms with Crippen LogP contribution in [0.5, 0.6) is 0 Å². The van der Waals surface area contributed by atoms with Crippen molar-refractivity contribution in [2.24, 2.45) is 0 Å². The van der Waals surface area contributed by atoms with Gasteiger partial charge in [-0.2, -0.15) is 0 Å². The second-order valence-electron chi connectivity index (χ2n) is 15.6. The normalized spacial score (nSPS) is 21.6. The predicted molar refractivity (Wildman–Crippen MR) is 216 cm³/mol. The molecule has 1 aliphatic heterocycles. The first-order valence-corrected chi connectivity index (χ1v) is 23.4. The van der Waals surface area contributed by atoms with E-state index in [4.69, 9.17) is 9.47 Å². The average molecular weight is 807 g/mol. The molecule has 0 spiro atoms. The minimum absolute atomic E-state index is 0.266. The van der Waals surface area contributed by atoms with Crippen LogP contribution in [0, 0.1) is 0 Å².